The molecule has 1 aliphatic heterocycles. The fourth-order valence-corrected chi connectivity index (χ4v) is 2.29. The summed E-state index contributed by atoms with van der Waals surface area (Å²) in [4.78, 5) is 16.3. The minimum Gasteiger partial charge on any atom is -0.379 e. The second-order valence-corrected chi connectivity index (χ2v) is 5.48. The van der Waals surface area contributed by atoms with Crippen LogP contribution >= 0.6 is 0 Å². The van der Waals surface area contributed by atoms with Crippen molar-refractivity contribution in [3.8, 4) is 6.07 Å². The van der Waals surface area contributed by atoms with Crippen LogP contribution in [0.25, 0.3) is 0 Å². The van der Waals surface area contributed by atoms with Crippen molar-refractivity contribution in [1.82, 2.24) is 15.1 Å². The maximum Gasteiger partial charge on any atom is 0.234 e. The molecule has 1 saturated heterocycles. The number of morpholine rings is 1. The number of hydrogen-bond donors (Lipinski definition) is 1. The monoisotopic (exact) mass is 280 g/mol. The third-order valence-corrected chi connectivity index (χ3v) is 3.69. The SMILES string of the molecule is N#CCCN(CCN1CCOCC1)CC(=O)NC1CC1. The van der Waals surface area contributed by atoms with Gasteiger partial charge in [-0.1, -0.05) is 0 Å². The summed E-state index contributed by atoms with van der Waals surface area (Å²) >= 11 is 0. The Hall–Kier alpha value is -1.16. The van der Waals surface area contributed by atoms with Crippen LogP contribution in [-0.4, -0.2) is 74.2 Å². The Labute approximate surface area is 120 Å². The van der Waals surface area contributed by atoms with Gasteiger partial charge in [-0.3, -0.25) is 14.6 Å². The number of rotatable bonds is 8. The van der Waals surface area contributed by atoms with Gasteiger partial charge in [-0.15, -0.1) is 0 Å². The molecule has 1 aliphatic carbocycles. The van der Waals surface area contributed by atoms with Crippen LogP contribution in [0.2, 0.25) is 0 Å². The Kier molecular flexibility index (Phi) is 6.25. The van der Waals surface area contributed by atoms with Crippen molar-refractivity contribution in [3.05, 3.63) is 0 Å². The summed E-state index contributed by atoms with van der Waals surface area (Å²) in [5.74, 6) is 0.0902. The second-order valence-electron chi connectivity index (χ2n) is 5.48. The van der Waals surface area contributed by atoms with Gasteiger partial charge in [0.2, 0.25) is 5.91 Å². The summed E-state index contributed by atoms with van der Waals surface area (Å²) in [5.41, 5.74) is 0. The number of amides is 1. The highest BCUT2D eigenvalue weighted by atomic mass is 16.5. The van der Waals surface area contributed by atoms with Gasteiger partial charge in [-0.2, -0.15) is 5.26 Å². The molecule has 0 spiro atoms. The third-order valence-electron chi connectivity index (χ3n) is 3.69. The first-order valence-corrected chi connectivity index (χ1v) is 7.46. The summed E-state index contributed by atoms with van der Waals surface area (Å²) in [6.07, 6.45) is 2.69. The van der Waals surface area contributed by atoms with Crippen molar-refractivity contribution in [1.29, 1.82) is 5.26 Å². The topological polar surface area (TPSA) is 68.6 Å². The largest absolute Gasteiger partial charge is 0.379 e. The van der Waals surface area contributed by atoms with Gasteiger partial charge >= 0.3 is 0 Å². The fourth-order valence-electron chi connectivity index (χ4n) is 2.29. The van der Waals surface area contributed by atoms with E-state index < -0.39 is 0 Å². The van der Waals surface area contributed by atoms with Crippen LogP contribution in [0, 0.1) is 11.3 Å². The summed E-state index contributed by atoms with van der Waals surface area (Å²) < 4.78 is 5.32. The lowest BCUT2D eigenvalue weighted by Crippen LogP contribution is -2.44. The highest BCUT2D eigenvalue weighted by molar-refractivity contribution is 5.78. The molecule has 0 atom stereocenters. The Balaban J connectivity index is 1.70. The molecular formula is C14H24N4O2. The van der Waals surface area contributed by atoms with E-state index in [2.05, 4.69) is 21.2 Å². The van der Waals surface area contributed by atoms with Crippen LogP contribution in [0.3, 0.4) is 0 Å². The van der Waals surface area contributed by atoms with E-state index in [0.29, 0.717) is 25.6 Å². The number of hydrogen-bond acceptors (Lipinski definition) is 5. The third kappa shape index (κ3) is 5.87. The molecule has 1 N–H and O–H groups in total. The molecule has 6 heteroatoms. The van der Waals surface area contributed by atoms with Crippen LogP contribution in [0.1, 0.15) is 19.3 Å². The number of carbonyl (C=O) groups excluding carboxylic acids is 1. The molecule has 0 aromatic heterocycles. The van der Waals surface area contributed by atoms with Gasteiger partial charge in [0, 0.05) is 45.2 Å². The van der Waals surface area contributed by atoms with Crippen molar-refractivity contribution in [2.45, 2.75) is 25.3 Å². The minimum absolute atomic E-state index is 0.0902. The molecule has 1 amide bonds. The summed E-state index contributed by atoms with van der Waals surface area (Å²) in [5, 5.41) is 11.7. The highest BCUT2D eigenvalue weighted by Crippen LogP contribution is 2.18. The Morgan fingerprint density at radius 2 is 2.10 bits per heavy atom. The molecule has 2 rings (SSSR count). The number of nitrogens with one attached hydrogen (secondary N) is 1. The lowest BCUT2D eigenvalue weighted by Gasteiger charge is -2.29. The number of carbonyl (C=O) groups is 1. The lowest BCUT2D eigenvalue weighted by atomic mass is 10.3. The van der Waals surface area contributed by atoms with Gasteiger partial charge < -0.3 is 10.1 Å². The van der Waals surface area contributed by atoms with E-state index in [1.165, 1.54) is 0 Å². The molecule has 112 valence electrons. The maximum absolute atomic E-state index is 11.8. The van der Waals surface area contributed by atoms with Gasteiger partial charge in [-0.05, 0) is 12.8 Å². The van der Waals surface area contributed by atoms with Crippen LogP contribution in [0.5, 0.6) is 0 Å². The first-order valence-electron chi connectivity index (χ1n) is 7.46. The van der Waals surface area contributed by atoms with E-state index >= 15 is 0 Å². The van der Waals surface area contributed by atoms with Gasteiger partial charge in [0.1, 0.15) is 0 Å². The number of nitrogens with zero attached hydrogens (tertiary/aromatic N) is 3. The van der Waals surface area contributed by atoms with Crippen LogP contribution in [0.4, 0.5) is 0 Å². The van der Waals surface area contributed by atoms with Crippen molar-refractivity contribution < 1.29 is 9.53 Å². The smallest absolute Gasteiger partial charge is 0.234 e. The van der Waals surface area contributed by atoms with Gasteiger partial charge in [0.25, 0.3) is 0 Å². The number of ether oxygens (including phenoxy) is 1. The van der Waals surface area contributed by atoms with Crippen molar-refractivity contribution >= 4 is 5.91 Å². The van der Waals surface area contributed by atoms with Crippen LogP contribution in [0.15, 0.2) is 0 Å². The van der Waals surface area contributed by atoms with E-state index in [-0.39, 0.29) is 5.91 Å². The predicted molar refractivity (Wildman–Crippen MR) is 75.1 cm³/mol. The van der Waals surface area contributed by atoms with Gasteiger partial charge in [0.15, 0.2) is 0 Å². The first-order chi connectivity index (χ1) is 9.78. The standard InChI is InChI=1S/C14H24N4O2/c15-4-1-5-18(12-14(19)16-13-2-3-13)7-6-17-8-10-20-11-9-17/h13H,1-3,5-12H2,(H,16,19). The number of nitriles is 1. The van der Waals surface area contributed by atoms with Crippen LogP contribution in [-0.2, 0) is 9.53 Å². The first kappa shape index (κ1) is 15.2. The average Bonchev–Trinajstić information content (AvgIpc) is 3.26. The van der Waals surface area contributed by atoms with Gasteiger partial charge in [0.05, 0.1) is 25.8 Å². The van der Waals surface area contributed by atoms with E-state index in [4.69, 9.17) is 10.00 Å². The summed E-state index contributed by atoms with van der Waals surface area (Å²) in [6.45, 7) is 6.34. The maximum atomic E-state index is 11.8. The quantitative estimate of drug-likeness (QED) is 0.667. The van der Waals surface area contributed by atoms with Crippen molar-refractivity contribution in [2.24, 2.45) is 0 Å². The van der Waals surface area contributed by atoms with Crippen molar-refractivity contribution in [3.63, 3.8) is 0 Å². The molecule has 0 aromatic carbocycles. The van der Waals surface area contributed by atoms with E-state index in [9.17, 15) is 4.79 Å². The Morgan fingerprint density at radius 3 is 2.75 bits per heavy atom. The molecule has 2 fully saturated rings. The molecule has 1 saturated carbocycles. The molecule has 1 heterocycles. The van der Waals surface area contributed by atoms with Crippen LogP contribution < -0.4 is 5.32 Å². The summed E-state index contributed by atoms with van der Waals surface area (Å²) in [6, 6.07) is 2.56. The lowest BCUT2D eigenvalue weighted by molar-refractivity contribution is -0.122. The predicted octanol–water partition coefficient (Wildman–Crippen LogP) is -0.187. The molecular weight excluding hydrogens is 256 g/mol. The molecule has 6 nitrogen and oxygen atoms in total. The molecule has 0 radical (unpaired) electrons. The Morgan fingerprint density at radius 1 is 1.35 bits per heavy atom. The zero-order valence-electron chi connectivity index (χ0n) is 12.0. The molecule has 0 unspecified atom stereocenters. The molecule has 0 aromatic rings. The van der Waals surface area contributed by atoms with E-state index in [1.54, 1.807) is 0 Å². The molecule has 20 heavy (non-hydrogen) atoms. The Bertz CT molecular complexity index is 346. The highest BCUT2D eigenvalue weighted by Gasteiger charge is 2.24. The minimum atomic E-state index is 0.0902. The average molecular weight is 280 g/mol. The summed E-state index contributed by atoms with van der Waals surface area (Å²) in [7, 11) is 0. The van der Waals surface area contributed by atoms with E-state index in [1.807, 2.05) is 0 Å². The van der Waals surface area contributed by atoms with E-state index in [0.717, 1.165) is 52.2 Å². The normalized spacial score (nSPS) is 19.8. The zero-order valence-corrected chi connectivity index (χ0v) is 12.0. The molecule has 2 aliphatic rings. The zero-order chi connectivity index (χ0) is 14.2. The molecule has 0 bridgehead atoms. The van der Waals surface area contributed by atoms with Gasteiger partial charge in [-0.25, -0.2) is 0 Å². The fraction of sp³-hybridized carbons (Fsp3) is 0.857. The second kappa shape index (κ2) is 8.20. The van der Waals surface area contributed by atoms with Crippen molar-refractivity contribution in [2.75, 3.05) is 52.5 Å².